The van der Waals surface area contributed by atoms with E-state index < -0.39 is 5.97 Å². The number of halogens is 1. The van der Waals surface area contributed by atoms with Gasteiger partial charge in [0.15, 0.2) is 0 Å². The Balaban J connectivity index is 2.61. The zero-order valence-electron chi connectivity index (χ0n) is 10.3. The molecule has 1 rings (SSSR count). The van der Waals surface area contributed by atoms with Crippen molar-refractivity contribution in [3.63, 3.8) is 0 Å². The predicted octanol–water partition coefficient (Wildman–Crippen LogP) is 3.51. The molecule has 0 saturated heterocycles. The van der Waals surface area contributed by atoms with Crippen LogP contribution in [0.25, 0.3) is 0 Å². The van der Waals surface area contributed by atoms with E-state index in [1.54, 1.807) is 13.0 Å². The third kappa shape index (κ3) is 4.55. The normalized spacial score (nSPS) is 14.3. The third-order valence-corrected chi connectivity index (χ3v) is 3.10. The van der Waals surface area contributed by atoms with E-state index in [0.717, 1.165) is 18.4 Å². The fourth-order valence-electron chi connectivity index (χ4n) is 1.99. The SMILES string of the molecule is CCC(Cc1cccc(F)c1)CC(C)C(=O)O. The van der Waals surface area contributed by atoms with E-state index in [1.165, 1.54) is 12.1 Å². The van der Waals surface area contributed by atoms with Crippen molar-refractivity contribution in [2.24, 2.45) is 11.8 Å². The van der Waals surface area contributed by atoms with Crippen LogP contribution in [0.2, 0.25) is 0 Å². The largest absolute Gasteiger partial charge is 0.481 e. The zero-order chi connectivity index (χ0) is 12.8. The number of carboxylic acids is 1. The lowest BCUT2D eigenvalue weighted by atomic mass is 9.88. The molecule has 1 aromatic carbocycles. The van der Waals surface area contributed by atoms with Crippen LogP contribution in [0, 0.1) is 17.7 Å². The molecule has 0 aliphatic rings. The molecule has 17 heavy (non-hydrogen) atoms. The van der Waals surface area contributed by atoms with Crippen LogP contribution in [0.1, 0.15) is 32.3 Å². The minimum Gasteiger partial charge on any atom is -0.481 e. The van der Waals surface area contributed by atoms with Crippen molar-refractivity contribution in [2.45, 2.75) is 33.1 Å². The summed E-state index contributed by atoms with van der Waals surface area (Å²) in [4.78, 5) is 10.8. The van der Waals surface area contributed by atoms with Gasteiger partial charge in [-0.3, -0.25) is 4.79 Å². The molecule has 94 valence electrons. The van der Waals surface area contributed by atoms with E-state index in [9.17, 15) is 9.18 Å². The summed E-state index contributed by atoms with van der Waals surface area (Å²) in [5.74, 6) is -1.04. The smallest absolute Gasteiger partial charge is 0.306 e. The van der Waals surface area contributed by atoms with Gasteiger partial charge < -0.3 is 5.11 Å². The van der Waals surface area contributed by atoms with Crippen LogP contribution in [0.4, 0.5) is 4.39 Å². The molecule has 0 amide bonds. The number of rotatable bonds is 6. The highest BCUT2D eigenvalue weighted by molar-refractivity contribution is 5.69. The first kappa shape index (κ1) is 13.7. The Morgan fingerprint density at radius 2 is 2.18 bits per heavy atom. The quantitative estimate of drug-likeness (QED) is 0.823. The van der Waals surface area contributed by atoms with Gasteiger partial charge in [0.2, 0.25) is 0 Å². The van der Waals surface area contributed by atoms with E-state index >= 15 is 0 Å². The summed E-state index contributed by atoms with van der Waals surface area (Å²) in [6, 6.07) is 6.52. The van der Waals surface area contributed by atoms with Gasteiger partial charge in [-0.25, -0.2) is 4.39 Å². The summed E-state index contributed by atoms with van der Waals surface area (Å²) in [6.45, 7) is 3.76. The molecule has 2 nitrogen and oxygen atoms in total. The minimum atomic E-state index is -0.761. The lowest BCUT2D eigenvalue weighted by molar-refractivity contribution is -0.141. The van der Waals surface area contributed by atoms with Gasteiger partial charge in [0.05, 0.1) is 5.92 Å². The Hall–Kier alpha value is -1.38. The van der Waals surface area contributed by atoms with Crippen LogP contribution in [0.3, 0.4) is 0 Å². The molecular weight excluding hydrogens is 219 g/mol. The Bertz CT molecular complexity index is 376. The van der Waals surface area contributed by atoms with Gasteiger partial charge in [0.25, 0.3) is 0 Å². The monoisotopic (exact) mass is 238 g/mol. The molecule has 0 radical (unpaired) electrons. The van der Waals surface area contributed by atoms with Gasteiger partial charge in [-0.1, -0.05) is 32.4 Å². The number of aliphatic carboxylic acids is 1. The van der Waals surface area contributed by atoms with Gasteiger partial charge in [0, 0.05) is 0 Å². The molecule has 3 heteroatoms. The number of benzene rings is 1. The second kappa shape index (κ2) is 6.38. The molecule has 0 spiro atoms. The lowest BCUT2D eigenvalue weighted by Crippen LogP contribution is -2.16. The van der Waals surface area contributed by atoms with Crippen LogP contribution in [0.5, 0.6) is 0 Å². The van der Waals surface area contributed by atoms with Crippen molar-refractivity contribution < 1.29 is 14.3 Å². The molecule has 0 aliphatic carbocycles. The maximum Gasteiger partial charge on any atom is 0.306 e. The standard InChI is InChI=1S/C14H19FO2/c1-3-11(7-10(2)14(16)17)8-12-5-4-6-13(15)9-12/h4-6,9-11H,3,7-8H2,1-2H3,(H,16,17). The van der Waals surface area contributed by atoms with Gasteiger partial charge in [-0.2, -0.15) is 0 Å². The van der Waals surface area contributed by atoms with Gasteiger partial charge in [-0.05, 0) is 36.5 Å². The molecule has 0 saturated carbocycles. The molecule has 0 heterocycles. The number of hydrogen-bond acceptors (Lipinski definition) is 1. The van der Waals surface area contributed by atoms with Crippen LogP contribution in [-0.4, -0.2) is 11.1 Å². The molecule has 1 aromatic rings. The van der Waals surface area contributed by atoms with E-state index in [1.807, 2.05) is 13.0 Å². The maximum absolute atomic E-state index is 13.0. The number of carbonyl (C=O) groups is 1. The summed E-state index contributed by atoms with van der Waals surface area (Å²) in [7, 11) is 0. The van der Waals surface area contributed by atoms with Gasteiger partial charge in [-0.15, -0.1) is 0 Å². The first-order chi connectivity index (χ1) is 8.02. The van der Waals surface area contributed by atoms with Crippen LogP contribution in [-0.2, 0) is 11.2 Å². The second-order valence-corrected chi connectivity index (χ2v) is 4.58. The summed E-state index contributed by atoms with van der Waals surface area (Å²) in [6.07, 6.45) is 2.29. The Kier molecular flexibility index (Phi) is 5.13. The maximum atomic E-state index is 13.0. The highest BCUT2D eigenvalue weighted by Gasteiger charge is 2.17. The Morgan fingerprint density at radius 1 is 1.47 bits per heavy atom. The van der Waals surface area contributed by atoms with Gasteiger partial charge in [0.1, 0.15) is 5.82 Å². The molecule has 0 fully saturated rings. The van der Waals surface area contributed by atoms with Crippen molar-refractivity contribution in [2.75, 3.05) is 0 Å². The average Bonchev–Trinajstić information content (AvgIpc) is 2.27. The third-order valence-electron chi connectivity index (χ3n) is 3.10. The van der Waals surface area contributed by atoms with Crippen LogP contribution in [0.15, 0.2) is 24.3 Å². The predicted molar refractivity (Wildman–Crippen MR) is 65.3 cm³/mol. The molecule has 0 aliphatic heterocycles. The molecule has 2 unspecified atom stereocenters. The summed E-state index contributed by atoms with van der Waals surface area (Å²) in [5.41, 5.74) is 0.939. The fraction of sp³-hybridized carbons (Fsp3) is 0.500. The zero-order valence-corrected chi connectivity index (χ0v) is 10.3. The second-order valence-electron chi connectivity index (χ2n) is 4.58. The van der Waals surface area contributed by atoms with Crippen LogP contribution < -0.4 is 0 Å². The van der Waals surface area contributed by atoms with E-state index in [2.05, 4.69) is 0 Å². The lowest BCUT2D eigenvalue weighted by Gasteiger charge is -2.17. The van der Waals surface area contributed by atoms with Crippen molar-refractivity contribution in [1.82, 2.24) is 0 Å². The Morgan fingerprint density at radius 3 is 2.71 bits per heavy atom. The van der Waals surface area contributed by atoms with Crippen molar-refractivity contribution in [3.05, 3.63) is 35.6 Å². The highest BCUT2D eigenvalue weighted by atomic mass is 19.1. The summed E-state index contributed by atoms with van der Waals surface area (Å²) in [5, 5.41) is 8.88. The average molecular weight is 238 g/mol. The first-order valence-electron chi connectivity index (χ1n) is 6.00. The van der Waals surface area contributed by atoms with Crippen LogP contribution >= 0.6 is 0 Å². The molecular formula is C14H19FO2. The van der Waals surface area contributed by atoms with E-state index in [4.69, 9.17) is 5.11 Å². The Labute approximate surface area is 101 Å². The van der Waals surface area contributed by atoms with Crippen molar-refractivity contribution in [1.29, 1.82) is 0 Å². The minimum absolute atomic E-state index is 0.233. The number of hydrogen-bond donors (Lipinski definition) is 1. The summed E-state index contributed by atoms with van der Waals surface area (Å²) >= 11 is 0. The van der Waals surface area contributed by atoms with Gasteiger partial charge >= 0.3 is 5.97 Å². The first-order valence-corrected chi connectivity index (χ1v) is 6.00. The van der Waals surface area contributed by atoms with Crippen molar-refractivity contribution in [3.8, 4) is 0 Å². The number of carboxylic acid groups (broad SMARTS) is 1. The molecule has 1 N–H and O–H groups in total. The highest BCUT2D eigenvalue weighted by Crippen LogP contribution is 2.21. The molecule has 0 bridgehead atoms. The van der Waals surface area contributed by atoms with Crippen molar-refractivity contribution >= 4 is 5.97 Å². The molecule has 0 aromatic heterocycles. The van der Waals surface area contributed by atoms with E-state index in [0.29, 0.717) is 12.3 Å². The molecule has 2 atom stereocenters. The summed E-state index contributed by atoms with van der Waals surface area (Å²) < 4.78 is 13.0. The van der Waals surface area contributed by atoms with E-state index in [-0.39, 0.29) is 11.7 Å². The fourth-order valence-corrected chi connectivity index (χ4v) is 1.99. The topological polar surface area (TPSA) is 37.3 Å².